The van der Waals surface area contributed by atoms with Crippen molar-refractivity contribution in [2.24, 2.45) is 0 Å². The highest BCUT2D eigenvalue weighted by Gasteiger charge is 2.30. The van der Waals surface area contributed by atoms with Crippen LogP contribution >= 0.6 is 11.3 Å². The Bertz CT molecular complexity index is 1050. The molecule has 1 atom stereocenters. The van der Waals surface area contributed by atoms with Crippen LogP contribution in [0.15, 0.2) is 29.3 Å². The first-order chi connectivity index (χ1) is 12.5. The van der Waals surface area contributed by atoms with Crippen LogP contribution in [0.2, 0.25) is 0 Å². The van der Waals surface area contributed by atoms with E-state index in [2.05, 4.69) is 35.5 Å². The molecule has 0 aromatic carbocycles. The van der Waals surface area contributed by atoms with Gasteiger partial charge < -0.3 is 9.47 Å². The molecular weight excluding hydrogens is 348 g/mol. The summed E-state index contributed by atoms with van der Waals surface area (Å²) < 4.78 is 3.72. The molecule has 26 heavy (non-hydrogen) atoms. The van der Waals surface area contributed by atoms with Crippen molar-refractivity contribution < 1.29 is 4.79 Å². The van der Waals surface area contributed by atoms with Crippen molar-refractivity contribution in [1.82, 2.24) is 19.0 Å². The highest BCUT2D eigenvalue weighted by atomic mass is 32.1. The number of hydrogen-bond acceptors (Lipinski definition) is 4. The molecule has 1 amide bonds. The van der Waals surface area contributed by atoms with Gasteiger partial charge in [0.1, 0.15) is 11.4 Å². The van der Waals surface area contributed by atoms with Crippen molar-refractivity contribution in [3.63, 3.8) is 0 Å². The van der Waals surface area contributed by atoms with E-state index >= 15 is 0 Å². The molecule has 0 unspecified atom stereocenters. The minimum Gasteiger partial charge on any atom is -0.345 e. The third-order valence-electron chi connectivity index (χ3n) is 5.17. The van der Waals surface area contributed by atoms with Gasteiger partial charge in [0.05, 0.1) is 17.8 Å². The lowest BCUT2D eigenvalue weighted by molar-refractivity contribution is -0.135. The van der Waals surface area contributed by atoms with Gasteiger partial charge >= 0.3 is 0 Å². The lowest BCUT2D eigenvalue weighted by Crippen LogP contribution is -2.44. The molecule has 4 heterocycles. The van der Waals surface area contributed by atoms with Crippen molar-refractivity contribution in [2.45, 2.75) is 46.3 Å². The van der Waals surface area contributed by atoms with E-state index in [1.807, 2.05) is 17.9 Å². The molecule has 0 radical (unpaired) electrons. The molecule has 7 heteroatoms. The van der Waals surface area contributed by atoms with Crippen LogP contribution in [0.5, 0.6) is 0 Å². The maximum atomic E-state index is 13.0. The van der Waals surface area contributed by atoms with E-state index in [-0.39, 0.29) is 24.1 Å². The van der Waals surface area contributed by atoms with E-state index < -0.39 is 0 Å². The van der Waals surface area contributed by atoms with E-state index in [0.29, 0.717) is 11.9 Å². The minimum atomic E-state index is -0.142. The fourth-order valence-corrected chi connectivity index (χ4v) is 4.70. The van der Waals surface area contributed by atoms with E-state index in [0.717, 1.165) is 22.7 Å². The van der Waals surface area contributed by atoms with Gasteiger partial charge in [-0.05, 0) is 38.5 Å². The number of aromatic nitrogens is 3. The fourth-order valence-electron chi connectivity index (χ4n) is 3.87. The van der Waals surface area contributed by atoms with Gasteiger partial charge in [0.2, 0.25) is 5.91 Å². The Labute approximate surface area is 155 Å². The number of hydrogen-bond donors (Lipinski definition) is 0. The topological polar surface area (TPSA) is 60.1 Å². The molecule has 136 valence electrons. The number of rotatable bonds is 3. The summed E-state index contributed by atoms with van der Waals surface area (Å²) in [5, 5.41) is 0.595. The molecule has 0 bridgehead atoms. The molecular formula is C19H22N4O2S. The van der Waals surface area contributed by atoms with E-state index in [4.69, 9.17) is 0 Å². The second kappa shape index (κ2) is 6.39. The van der Waals surface area contributed by atoms with E-state index in [1.54, 1.807) is 0 Å². The maximum Gasteiger partial charge on any atom is 0.262 e. The zero-order chi connectivity index (χ0) is 18.4. The summed E-state index contributed by atoms with van der Waals surface area (Å²) in [5.41, 5.74) is 2.26. The van der Waals surface area contributed by atoms with Crippen molar-refractivity contribution in [1.29, 1.82) is 0 Å². The summed E-state index contributed by atoms with van der Waals surface area (Å²) in [7, 11) is 0. The third-order valence-corrected chi connectivity index (χ3v) is 6.13. The standard InChI is InChI=1S/C19H22N4O2S/c1-4-15-16-6-5-12(2)22(16)7-8-23(15)17(24)10-21-11-20-18-14(19(21)25)9-13(3)26-18/h5-6,9,11,15H,4,7-8,10H2,1-3H3/t15-/m1/s1. The summed E-state index contributed by atoms with van der Waals surface area (Å²) in [6.07, 6.45) is 2.35. The lowest BCUT2D eigenvalue weighted by Gasteiger charge is -2.37. The molecule has 4 rings (SSSR count). The molecule has 3 aromatic heterocycles. The molecule has 3 aromatic rings. The molecule has 1 aliphatic heterocycles. The molecule has 6 nitrogen and oxygen atoms in total. The van der Waals surface area contributed by atoms with Gasteiger partial charge in [-0.1, -0.05) is 6.92 Å². The van der Waals surface area contributed by atoms with Crippen molar-refractivity contribution >= 4 is 27.5 Å². The van der Waals surface area contributed by atoms with Gasteiger partial charge in [0.15, 0.2) is 0 Å². The first-order valence-electron chi connectivity index (χ1n) is 8.90. The SMILES string of the molecule is CC[C@@H]1c2ccc(C)n2CCN1C(=O)Cn1cnc2sc(C)cc2c1=O. The van der Waals surface area contributed by atoms with Crippen LogP contribution in [0.3, 0.4) is 0 Å². The van der Waals surface area contributed by atoms with Crippen molar-refractivity contribution in [2.75, 3.05) is 6.54 Å². The average Bonchev–Trinajstić information content (AvgIpc) is 3.19. The zero-order valence-electron chi connectivity index (χ0n) is 15.2. The first-order valence-corrected chi connectivity index (χ1v) is 9.72. The second-order valence-electron chi connectivity index (χ2n) is 6.82. The summed E-state index contributed by atoms with van der Waals surface area (Å²) in [6.45, 7) is 7.65. The Hall–Kier alpha value is -2.41. The maximum absolute atomic E-state index is 13.0. The smallest absolute Gasteiger partial charge is 0.262 e. The fraction of sp³-hybridized carbons (Fsp3) is 0.421. The van der Waals surface area contributed by atoms with Gasteiger partial charge in [-0.25, -0.2) is 4.98 Å². The summed E-state index contributed by atoms with van der Waals surface area (Å²) in [5.74, 6) is -0.0304. The van der Waals surface area contributed by atoms with E-state index in [1.165, 1.54) is 33.6 Å². The largest absolute Gasteiger partial charge is 0.345 e. The van der Waals surface area contributed by atoms with Gasteiger partial charge in [0.25, 0.3) is 5.56 Å². The minimum absolute atomic E-state index is 0.0304. The number of amides is 1. The van der Waals surface area contributed by atoms with Crippen LogP contribution < -0.4 is 5.56 Å². The van der Waals surface area contributed by atoms with Gasteiger partial charge in [-0.15, -0.1) is 11.3 Å². The van der Waals surface area contributed by atoms with Crippen LogP contribution in [-0.2, 0) is 17.9 Å². The highest BCUT2D eigenvalue weighted by Crippen LogP contribution is 2.30. The summed E-state index contributed by atoms with van der Waals surface area (Å²) >= 11 is 1.50. The number of aryl methyl sites for hydroxylation is 2. The molecule has 0 N–H and O–H groups in total. The predicted molar refractivity (Wildman–Crippen MR) is 103 cm³/mol. The molecule has 0 fully saturated rings. The molecule has 0 aliphatic carbocycles. The van der Waals surface area contributed by atoms with Gasteiger partial charge in [-0.2, -0.15) is 0 Å². The number of fused-ring (bicyclic) bond motifs is 2. The lowest BCUT2D eigenvalue weighted by atomic mass is 10.1. The molecule has 0 saturated carbocycles. The number of thiophene rings is 1. The van der Waals surface area contributed by atoms with E-state index in [9.17, 15) is 9.59 Å². The van der Waals surface area contributed by atoms with Crippen LogP contribution in [-0.4, -0.2) is 31.5 Å². The first kappa shape index (κ1) is 17.0. The predicted octanol–water partition coefficient (Wildman–Crippen LogP) is 2.87. The number of nitrogens with zero attached hydrogens (tertiary/aromatic N) is 4. The monoisotopic (exact) mass is 370 g/mol. The third kappa shape index (κ3) is 2.67. The van der Waals surface area contributed by atoms with Crippen LogP contribution in [0, 0.1) is 13.8 Å². The van der Waals surface area contributed by atoms with Crippen LogP contribution in [0.1, 0.15) is 35.7 Å². The molecule has 1 aliphatic rings. The van der Waals surface area contributed by atoms with Gasteiger partial charge in [-0.3, -0.25) is 14.2 Å². The Balaban J connectivity index is 1.62. The summed E-state index contributed by atoms with van der Waals surface area (Å²) in [4.78, 5) is 33.7. The zero-order valence-corrected chi connectivity index (χ0v) is 16.0. The van der Waals surface area contributed by atoms with Gasteiger partial charge in [0, 0.05) is 29.4 Å². The number of carbonyl (C=O) groups is 1. The second-order valence-corrected chi connectivity index (χ2v) is 8.05. The molecule has 0 spiro atoms. The average molecular weight is 370 g/mol. The Morgan fingerprint density at radius 1 is 1.31 bits per heavy atom. The highest BCUT2D eigenvalue weighted by molar-refractivity contribution is 7.18. The number of carbonyl (C=O) groups excluding carboxylic acids is 1. The van der Waals surface area contributed by atoms with Crippen LogP contribution in [0.25, 0.3) is 10.2 Å². The Morgan fingerprint density at radius 3 is 2.88 bits per heavy atom. The Morgan fingerprint density at radius 2 is 2.12 bits per heavy atom. The van der Waals surface area contributed by atoms with Crippen molar-refractivity contribution in [3.8, 4) is 0 Å². The quantitative estimate of drug-likeness (QED) is 0.712. The van der Waals surface area contributed by atoms with Crippen molar-refractivity contribution in [3.05, 3.63) is 51.1 Å². The molecule has 0 saturated heterocycles. The summed E-state index contributed by atoms with van der Waals surface area (Å²) in [6, 6.07) is 6.12. The Kier molecular flexibility index (Phi) is 4.19. The normalized spacial score (nSPS) is 16.9. The van der Waals surface area contributed by atoms with Crippen LogP contribution in [0.4, 0.5) is 0 Å².